The fourth-order valence-electron chi connectivity index (χ4n) is 4.47. The highest BCUT2D eigenvalue weighted by molar-refractivity contribution is 14.1. The summed E-state index contributed by atoms with van der Waals surface area (Å²) in [5.41, 5.74) is 6.81. The van der Waals surface area contributed by atoms with E-state index in [1.807, 2.05) is 12.1 Å². The van der Waals surface area contributed by atoms with Gasteiger partial charge >= 0.3 is 6.03 Å². The van der Waals surface area contributed by atoms with Crippen LogP contribution in [0, 0.1) is 5.92 Å². The van der Waals surface area contributed by atoms with Gasteiger partial charge in [0.25, 0.3) is 11.8 Å². The van der Waals surface area contributed by atoms with Crippen LogP contribution in [-0.4, -0.2) is 118 Å². The lowest BCUT2D eigenvalue weighted by Crippen LogP contribution is -2.54. The van der Waals surface area contributed by atoms with Crippen LogP contribution in [0.3, 0.4) is 0 Å². The Morgan fingerprint density at radius 3 is 1.90 bits per heavy atom. The molecule has 0 aliphatic carbocycles. The number of nitrogens with two attached hydrogens (primary N) is 1. The van der Waals surface area contributed by atoms with E-state index in [0.717, 1.165) is 14.9 Å². The molecule has 6 N–H and O–H groups in total. The zero-order chi connectivity index (χ0) is 36.7. The van der Waals surface area contributed by atoms with Gasteiger partial charge in [0.15, 0.2) is 0 Å². The van der Waals surface area contributed by atoms with Gasteiger partial charge in [-0.25, -0.2) is 4.79 Å². The molecule has 1 aromatic rings. The number of imide groups is 1. The number of rotatable bonds is 26. The van der Waals surface area contributed by atoms with Gasteiger partial charge in [-0.15, -0.1) is 0 Å². The van der Waals surface area contributed by atoms with Crippen LogP contribution >= 0.6 is 22.6 Å². The van der Waals surface area contributed by atoms with Crippen molar-refractivity contribution < 1.29 is 47.7 Å². The minimum atomic E-state index is -0.926. The number of benzene rings is 1. The summed E-state index contributed by atoms with van der Waals surface area (Å²) in [5.74, 6) is -2.27. The van der Waals surface area contributed by atoms with Crippen molar-refractivity contribution in [3.05, 3.63) is 42.0 Å². The van der Waals surface area contributed by atoms with E-state index in [2.05, 4.69) is 43.9 Å². The van der Waals surface area contributed by atoms with E-state index in [1.165, 1.54) is 12.2 Å². The van der Waals surface area contributed by atoms with Crippen molar-refractivity contribution in [1.29, 1.82) is 0 Å². The number of hydrogen-bond donors (Lipinski definition) is 5. The molecule has 0 bridgehead atoms. The topological polar surface area (TPSA) is 217 Å². The van der Waals surface area contributed by atoms with Crippen LogP contribution in [-0.2, 0) is 47.3 Å². The highest BCUT2D eigenvalue weighted by atomic mass is 127. The first kappa shape index (κ1) is 42.5. The number of hydrogen-bond acceptors (Lipinski definition) is 10. The van der Waals surface area contributed by atoms with Crippen LogP contribution in [0.25, 0.3) is 0 Å². The number of carbonyl (C=O) groups excluding carboxylic acids is 6. The highest BCUT2D eigenvalue weighted by Gasteiger charge is 2.29. The van der Waals surface area contributed by atoms with E-state index in [4.69, 9.17) is 24.7 Å². The maximum Gasteiger partial charge on any atom is 0.312 e. The number of anilines is 1. The molecule has 0 fully saturated rings. The monoisotopic (exact) mass is 816 g/mol. The van der Waals surface area contributed by atoms with Gasteiger partial charge in [-0.05, 0) is 36.5 Å². The Kier molecular flexibility index (Phi) is 20.8. The summed E-state index contributed by atoms with van der Waals surface area (Å²) < 4.78 is 22.5. The lowest BCUT2D eigenvalue weighted by molar-refractivity contribution is -0.137. The standard InChI is InChI=1S/C33H49IN6O10/c1-23(2)30(32(45)38-26(4-3-12-36-33(35)46)31(44)37-25-7-5-24(22-34)6-8-25)39-27(41)11-14-47-16-18-49-20-21-50-19-17-48-15-13-40-28(42)9-10-29(40)43/h5-10,23,26,30H,3-4,11-22H2,1-2H3,(H,37,44)(H,38,45)(H,39,41)(H3,35,36,46)/t26-,30-/m0/s1. The van der Waals surface area contributed by atoms with E-state index in [0.29, 0.717) is 45.1 Å². The average molecular weight is 817 g/mol. The van der Waals surface area contributed by atoms with E-state index < -0.39 is 29.9 Å². The van der Waals surface area contributed by atoms with Crippen molar-refractivity contribution in [1.82, 2.24) is 20.9 Å². The van der Waals surface area contributed by atoms with Crippen molar-refractivity contribution in [3.8, 4) is 0 Å². The molecular weight excluding hydrogens is 767 g/mol. The predicted octanol–water partition coefficient (Wildman–Crippen LogP) is 1.02. The summed E-state index contributed by atoms with van der Waals surface area (Å²) in [6, 6.07) is 4.87. The third-order valence-corrected chi connectivity index (χ3v) is 8.07. The van der Waals surface area contributed by atoms with Crippen LogP contribution in [0.1, 0.15) is 38.7 Å². The largest absolute Gasteiger partial charge is 0.379 e. The van der Waals surface area contributed by atoms with Crippen molar-refractivity contribution in [2.45, 2.75) is 49.6 Å². The van der Waals surface area contributed by atoms with Crippen LogP contribution in [0.15, 0.2) is 36.4 Å². The summed E-state index contributed by atoms with van der Waals surface area (Å²) in [7, 11) is 0. The van der Waals surface area contributed by atoms with Gasteiger partial charge < -0.3 is 45.9 Å². The second kappa shape index (κ2) is 24.5. The number of alkyl halides is 1. The number of amides is 7. The molecule has 278 valence electrons. The van der Waals surface area contributed by atoms with Crippen LogP contribution in [0.2, 0.25) is 0 Å². The fourth-order valence-corrected chi connectivity index (χ4v) is 4.98. The summed E-state index contributed by atoms with van der Waals surface area (Å²) in [5, 5.41) is 10.8. The normalized spacial score (nSPS) is 13.7. The number of urea groups is 1. The molecular formula is C33H49IN6O10. The number of nitrogens with zero attached hydrogens (tertiary/aromatic N) is 1. The van der Waals surface area contributed by atoms with E-state index in [-0.39, 0.29) is 69.4 Å². The Morgan fingerprint density at radius 2 is 1.36 bits per heavy atom. The predicted molar refractivity (Wildman–Crippen MR) is 192 cm³/mol. The molecule has 1 aliphatic heterocycles. The van der Waals surface area contributed by atoms with Gasteiger partial charge in [0.2, 0.25) is 17.7 Å². The number of carbonyl (C=O) groups is 6. The van der Waals surface area contributed by atoms with Gasteiger partial charge in [-0.3, -0.25) is 28.9 Å². The zero-order valence-corrected chi connectivity index (χ0v) is 30.7. The Morgan fingerprint density at radius 1 is 0.800 bits per heavy atom. The third-order valence-electron chi connectivity index (χ3n) is 7.19. The Balaban J connectivity index is 1.64. The SMILES string of the molecule is CC(C)[C@H](NC(=O)CCOCCOCCOCCOCCN1C(=O)C=CC1=O)C(=O)N[C@@H](CCCNC(N)=O)C(=O)Nc1ccc(CI)cc1. The number of halogens is 1. The molecule has 1 aromatic carbocycles. The lowest BCUT2D eigenvalue weighted by Gasteiger charge is -2.25. The molecule has 0 saturated carbocycles. The minimum absolute atomic E-state index is 0.0200. The average Bonchev–Trinajstić information content (AvgIpc) is 3.40. The van der Waals surface area contributed by atoms with Gasteiger partial charge in [-0.1, -0.05) is 48.6 Å². The molecule has 2 atom stereocenters. The molecule has 0 radical (unpaired) electrons. The molecule has 2 rings (SSSR count). The molecule has 50 heavy (non-hydrogen) atoms. The summed E-state index contributed by atoms with van der Waals surface area (Å²) in [6.45, 7) is 6.23. The van der Waals surface area contributed by atoms with Crippen molar-refractivity contribution in [3.63, 3.8) is 0 Å². The van der Waals surface area contributed by atoms with Crippen LogP contribution in [0.5, 0.6) is 0 Å². The molecule has 17 heteroatoms. The number of primary amides is 1. The maximum atomic E-state index is 13.3. The summed E-state index contributed by atoms with van der Waals surface area (Å²) >= 11 is 2.25. The Bertz CT molecular complexity index is 1260. The first-order valence-corrected chi connectivity index (χ1v) is 18.0. The lowest BCUT2D eigenvalue weighted by atomic mass is 10.0. The molecule has 1 aliphatic rings. The number of ether oxygens (including phenoxy) is 4. The highest BCUT2D eigenvalue weighted by Crippen LogP contribution is 2.14. The van der Waals surface area contributed by atoms with Gasteiger partial charge in [0.1, 0.15) is 12.1 Å². The Hall–Kier alpha value is -3.65. The second-order valence-electron chi connectivity index (χ2n) is 11.5. The smallest absolute Gasteiger partial charge is 0.312 e. The van der Waals surface area contributed by atoms with Crippen LogP contribution in [0.4, 0.5) is 10.5 Å². The van der Waals surface area contributed by atoms with Gasteiger partial charge in [0, 0.05) is 35.2 Å². The molecule has 0 spiro atoms. The summed E-state index contributed by atoms with van der Waals surface area (Å²) in [4.78, 5) is 74.2. The van der Waals surface area contributed by atoms with Crippen molar-refractivity contribution in [2.24, 2.45) is 11.7 Å². The van der Waals surface area contributed by atoms with Gasteiger partial charge in [-0.2, -0.15) is 0 Å². The quantitative estimate of drug-likeness (QED) is 0.0387. The fraction of sp³-hybridized carbons (Fsp3) is 0.576. The Labute approximate surface area is 306 Å². The van der Waals surface area contributed by atoms with E-state index >= 15 is 0 Å². The second-order valence-corrected chi connectivity index (χ2v) is 12.2. The van der Waals surface area contributed by atoms with Crippen molar-refractivity contribution >= 4 is 63.8 Å². The van der Waals surface area contributed by atoms with Crippen molar-refractivity contribution in [2.75, 3.05) is 71.3 Å². The van der Waals surface area contributed by atoms with Crippen LogP contribution < -0.4 is 27.0 Å². The zero-order valence-electron chi connectivity index (χ0n) is 28.6. The first-order valence-electron chi connectivity index (χ1n) is 16.4. The molecule has 0 unspecified atom stereocenters. The maximum absolute atomic E-state index is 13.3. The molecule has 1 heterocycles. The van der Waals surface area contributed by atoms with E-state index in [1.54, 1.807) is 26.0 Å². The summed E-state index contributed by atoms with van der Waals surface area (Å²) in [6.07, 6.45) is 3.08. The van der Waals surface area contributed by atoms with Gasteiger partial charge in [0.05, 0.1) is 59.4 Å². The number of nitrogens with one attached hydrogen (secondary N) is 4. The first-order chi connectivity index (χ1) is 24.0. The van der Waals surface area contributed by atoms with E-state index in [9.17, 15) is 28.8 Å². The molecule has 0 aromatic heterocycles. The minimum Gasteiger partial charge on any atom is -0.379 e. The molecule has 0 saturated heterocycles. The third kappa shape index (κ3) is 17.3. The molecule has 16 nitrogen and oxygen atoms in total. The molecule has 7 amide bonds.